The zero-order chi connectivity index (χ0) is 23.7. The summed E-state index contributed by atoms with van der Waals surface area (Å²) < 4.78 is 0.356. The third-order valence-corrected chi connectivity index (χ3v) is 6.77. The molecule has 3 aromatic carbocycles. The highest BCUT2D eigenvalue weighted by molar-refractivity contribution is 8.26. The van der Waals surface area contributed by atoms with Crippen molar-refractivity contribution in [1.29, 1.82) is 0 Å². The molecule has 4 aromatic rings. The van der Waals surface area contributed by atoms with Crippen LogP contribution in [0, 0.1) is 6.92 Å². The average Bonchev–Trinajstić information content (AvgIpc) is 3.37. The summed E-state index contributed by atoms with van der Waals surface area (Å²) in [5.41, 5.74) is 4.19. The molecule has 1 aromatic heterocycles. The fourth-order valence-corrected chi connectivity index (χ4v) is 4.92. The Kier molecular flexibility index (Phi) is 6.00. The number of aromatic amines is 1. The number of H-pyrrole nitrogens is 1. The Bertz CT molecular complexity index is 1400. The Hall–Kier alpha value is -3.75. The van der Waals surface area contributed by atoms with E-state index in [1.807, 2.05) is 85.8 Å². The molecule has 1 fully saturated rings. The van der Waals surface area contributed by atoms with Gasteiger partial charge in [0, 0.05) is 0 Å². The standard InChI is InChI=1S/C26H20N4O2S2/c1-17-11-13-19(14-12-17)30(25-27-20-9-5-6-10-21(20)28-25)23(31)16-29-24(32)22(34-26(29)33)15-18-7-3-2-4-8-18/h2-15H,16H2,1H3,(H,27,28)/b22-15+. The fraction of sp³-hybridized carbons (Fsp3) is 0.0769. The molecule has 34 heavy (non-hydrogen) atoms. The number of nitrogens with one attached hydrogen (secondary N) is 1. The maximum Gasteiger partial charge on any atom is 0.266 e. The van der Waals surface area contributed by atoms with Crippen LogP contribution in [0.15, 0.2) is 83.8 Å². The molecule has 0 atom stereocenters. The number of imidazole rings is 1. The number of thiocarbonyl (C=S) groups is 1. The van der Waals surface area contributed by atoms with Crippen LogP contribution in [0.4, 0.5) is 11.6 Å². The lowest BCUT2D eigenvalue weighted by atomic mass is 10.2. The number of amides is 2. The molecule has 0 radical (unpaired) electrons. The summed E-state index contributed by atoms with van der Waals surface area (Å²) in [6, 6.07) is 24.7. The molecule has 1 N–H and O–H groups in total. The number of para-hydroxylation sites is 2. The molecule has 0 aliphatic carbocycles. The molecule has 168 valence electrons. The maximum atomic E-state index is 13.6. The number of benzene rings is 3. The first-order valence-electron chi connectivity index (χ1n) is 10.6. The van der Waals surface area contributed by atoms with E-state index in [0.29, 0.717) is 20.9 Å². The first-order valence-corrected chi connectivity index (χ1v) is 11.9. The number of thioether (sulfide) groups is 1. The second-order valence-corrected chi connectivity index (χ2v) is 9.50. The van der Waals surface area contributed by atoms with Crippen molar-refractivity contribution in [2.24, 2.45) is 0 Å². The zero-order valence-corrected chi connectivity index (χ0v) is 19.9. The van der Waals surface area contributed by atoms with Gasteiger partial charge in [0.05, 0.1) is 21.6 Å². The molecule has 0 spiro atoms. The monoisotopic (exact) mass is 484 g/mol. The topological polar surface area (TPSA) is 69.3 Å². The molecule has 2 amide bonds. The van der Waals surface area contributed by atoms with Crippen LogP contribution in [0.5, 0.6) is 0 Å². The highest BCUT2D eigenvalue weighted by Crippen LogP contribution is 2.33. The smallest absolute Gasteiger partial charge is 0.266 e. The molecule has 0 unspecified atom stereocenters. The lowest BCUT2D eigenvalue weighted by molar-refractivity contribution is -0.127. The van der Waals surface area contributed by atoms with Crippen LogP contribution < -0.4 is 4.90 Å². The van der Waals surface area contributed by atoms with E-state index in [1.165, 1.54) is 21.6 Å². The van der Waals surface area contributed by atoms with E-state index in [0.717, 1.165) is 22.2 Å². The third kappa shape index (κ3) is 4.37. The van der Waals surface area contributed by atoms with Gasteiger partial charge in [0.25, 0.3) is 11.8 Å². The van der Waals surface area contributed by atoms with Gasteiger partial charge < -0.3 is 4.98 Å². The fourth-order valence-electron chi connectivity index (χ4n) is 3.67. The molecule has 1 aliphatic heterocycles. The van der Waals surface area contributed by atoms with Crippen molar-refractivity contribution in [2.45, 2.75) is 6.92 Å². The summed E-state index contributed by atoms with van der Waals surface area (Å²) in [6.45, 7) is 1.79. The van der Waals surface area contributed by atoms with Crippen molar-refractivity contribution in [2.75, 3.05) is 11.4 Å². The Labute approximate surface area is 206 Å². The number of carbonyl (C=O) groups excluding carboxylic acids is 2. The van der Waals surface area contributed by atoms with Crippen molar-refractivity contribution in [3.63, 3.8) is 0 Å². The molecule has 0 saturated carbocycles. The van der Waals surface area contributed by atoms with Crippen molar-refractivity contribution >= 4 is 68.9 Å². The molecule has 5 rings (SSSR count). The van der Waals surface area contributed by atoms with Gasteiger partial charge in [-0.05, 0) is 42.8 Å². The largest absolute Gasteiger partial charge is 0.323 e. The van der Waals surface area contributed by atoms with Crippen LogP contribution in [-0.2, 0) is 9.59 Å². The van der Waals surface area contributed by atoms with Crippen LogP contribution in [0.1, 0.15) is 11.1 Å². The molecule has 6 nitrogen and oxygen atoms in total. The van der Waals surface area contributed by atoms with Crippen molar-refractivity contribution < 1.29 is 9.59 Å². The molecule has 8 heteroatoms. The number of aryl methyl sites for hydroxylation is 1. The van der Waals surface area contributed by atoms with Gasteiger partial charge in [-0.25, -0.2) is 9.88 Å². The van der Waals surface area contributed by atoms with E-state index >= 15 is 0 Å². The van der Waals surface area contributed by atoms with Crippen LogP contribution in [0.2, 0.25) is 0 Å². The molecule has 2 heterocycles. The van der Waals surface area contributed by atoms with Crippen LogP contribution in [-0.4, -0.2) is 37.5 Å². The van der Waals surface area contributed by atoms with Crippen molar-refractivity contribution in [3.8, 4) is 0 Å². The van der Waals surface area contributed by atoms with E-state index in [-0.39, 0.29) is 18.4 Å². The summed E-state index contributed by atoms with van der Waals surface area (Å²) in [6.07, 6.45) is 1.79. The third-order valence-electron chi connectivity index (χ3n) is 5.39. The van der Waals surface area contributed by atoms with Gasteiger partial charge in [-0.2, -0.15) is 0 Å². The number of hydrogen-bond acceptors (Lipinski definition) is 5. The zero-order valence-electron chi connectivity index (χ0n) is 18.3. The second kappa shape index (κ2) is 9.24. The number of hydrogen-bond donors (Lipinski definition) is 1. The summed E-state index contributed by atoms with van der Waals surface area (Å²) in [4.78, 5) is 37.9. The normalized spacial score (nSPS) is 14.9. The van der Waals surface area contributed by atoms with Crippen LogP contribution in [0.25, 0.3) is 17.1 Å². The summed E-state index contributed by atoms with van der Waals surface area (Å²) in [7, 11) is 0. The molecule has 0 bridgehead atoms. The minimum Gasteiger partial charge on any atom is -0.323 e. The Balaban J connectivity index is 1.46. The average molecular weight is 485 g/mol. The summed E-state index contributed by atoms with van der Waals surface area (Å²) >= 11 is 6.65. The quantitative estimate of drug-likeness (QED) is 0.302. The SMILES string of the molecule is Cc1ccc(N(C(=O)CN2C(=O)/C(=C\c3ccccc3)SC2=S)c2nc3ccccc3[nH]2)cc1. The lowest BCUT2D eigenvalue weighted by Gasteiger charge is -2.23. The van der Waals surface area contributed by atoms with Crippen LogP contribution in [0.3, 0.4) is 0 Å². The van der Waals surface area contributed by atoms with Crippen LogP contribution >= 0.6 is 24.0 Å². The van der Waals surface area contributed by atoms with Gasteiger partial charge in [0.1, 0.15) is 10.9 Å². The summed E-state index contributed by atoms with van der Waals surface area (Å²) in [5, 5.41) is 0. The van der Waals surface area contributed by atoms with Gasteiger partial charge >= 0.3 is 0 Å². The minimum atomic E-state index is -0.319. The van der Waals surface area contributed by atoms with E-state index in [2.05, 4.69) is 9.97 Å². The number of fused-ring (bicyclic) bond motifs is 1. The number of carbonyl (C=O) groups is 2. The highest BCUT2D eigenvalue weighted by Gasteiger charge is 2.35. The van der Waals surface area contributed by atoms with Gasteiger partial charge in [0.2, 0.25) is 5.95 Å². The van der Waals surface area contributed by atoms with Gasteiger partial charge in [-0.1, -0.05) is 84.1 Å². The predicted octanol–water partition coefficient (Wildman–Crippen LogP) is 5.44. The number of aromatic nitrogens is 2. The number of rotatable bonds is 5. The molecular formula is C26H20N4O2S2. The van der Waals surface area contributed by atoms with E-state index in [1.54, 1.807) is 6.08 Å². The Morgan fingerprint density at radius 2 is 1.76 bits per heavy atom. The maximum absolute atomic E-state index is 13.6. The minimum absolute atomic E-state index is 0.193. The molecule has 1 aliphatic rings. The number of anilines is 2. The van der Waals surface area contributed by atoms with Gasteiger partial charge in [-0.15, -0.1) is 0 Å². The summed E-state index contributed by atoms with van der Waals surface area (Å²) in [5.74, 6) is -0.207. The van der Waals surface area contributed by atoms with E-state index in [4.69, 9.17) is 12.2 Å². The second-order valence-electron chi connectivity index (χ2n) is 7.82. The lowest BCUT2D eigenvalue weighted by Crippen LogP contribution is -2.40. The van der Waals surface area contributed by atoms with E-state index < -0.39 is 0 Å². The predicted molar refractivity (Wildman–Crippen MR) is 141 cm³/mol. The van der Waals surface area contributed by atoms with E-state index in [9.17, 15) is 9.59 Å². The number of nitrogens with zero attached hydrogens (tertiary/aromatic N) is 3. The van der Waals surface area contributed by atoms with Crippen molar-refractivity contribution in [3.05, 3.63) is 94.9 Å². The molecular weight excluding hydrogens is 464 g/mol. The first-order chi connectivity index (χ1) is 16.5. The highest BCUT2D eigenvalue weighted by atomic mass is 32.2. The first kappa shape index (κ1) is 22.1. The Morgan fingerprint density at radius 1 is 1.06 bits per heavy atom. The van der Waals surface area contributed by atoms with Gasteiger partial charge in [-0.3, -0.25) is 14.5 Å². The van der Waals surface area contributed by atoms with Gasteiger partial charge in [0.15, 0.2) is 0 Å². The molecule has 1 saturated heterocycles. The van der Waals surface area contributed by atoms with Crippen molar-refractivity contribution in [1.82, 2.24) is 14.9 Å². The Morgan fingerprint density at radius 3 is 2.50 bits per heavy atom.